The minimum Gasteiger partial charge on any atom is -0.508 e. The van der Waals surface area contributed by atoms with Gasteiger partial charge in [-0.1, -0.05) is 24.3 Å². The molecule has 0 radical (unpaired) electrons. The van der Waals surface area contributed by atoms with Crippen molar-refractivity contribution < 1.29 is 9.84 Å². The van der Waals surface area contributed by atoms with Gasteiger partial charge in [-0.15, -0.1) is 11.3 Å². The van der Waals surface area contributed by atoms with Gasteiger partial charge in [0.15, 0.2) is 0 Å². The maximum absolute atomic E-state index is 9.63. The molecule has 0 fully saturated rings. The Kier molecular flexibility index (Phi) is 3.44. The van der Waals surface area contributed by atoms with Gasteiger partial charge in [0.25, 0.3) is 0 Å². The highest BCUT2D eigenvalue weighted by atomic mass is 32.1. The zero-order chi connectivity index (χ0) is 13.9. The first kappa shape index (κ1) is 12.8. The molecule has 0 aliphatic rings. The number of phenolic OH excluding ortho intramolecular Hbond substituents is 1. The lowest BCUT2D eigenvalue weighted by atomic mass is 10.2. The number of thiophene rings is 1. The Bertz CT molecular complexity index is 739. The van der Waals surface area contributed by atoms with Crippen LogP contribution in [0.25, 0.3) is 22.2 Å². The molecule has 0 aliphatic carbocycles. The summed E-state index contributed by atoms with van der Waals surface area (Å²) in [5.74, 6) is 0.862. The highest BCUT2D eigenvalue weighted by molar-refractivity contribution is 7.19. The average molecular weight is 282 g/mol. The molecule has 3 rings (SSSR count). The van der Waals surface area contributed by atoms with E-state index in [1.807, 2.05) is 24.3 Å². The van der Waals surface area contributed by atoms with Gasteiger partial charge in [0.1, 0.15) is 11.5 Å². The average Bonchev–Trinajstić information content (AvgIpc) is 2.87. The molecular formula is C17H14O2S. The van der Waals surface area contributed by atoms with Crippen molar-refractivity contribution in [2.24, 2.45) is 0 Å². The third-order valence-corrected chi connectivity index (χ3v) is 4.12. The van der Waals surface area contributed by atoms with Crippen molar-refractivity contribution in [2.75, 3.05) is 7.11 Å². The minimum absolute atomic E-state index is 0.209. The highest BCUT2D eigenvalue weighted by Gasteiger charge is 2.00. The zero-order valence-corrected chi connectivity index (χ0v) is 11.9. The number of phenols is 1. The molecule has 1 heterocycles. The Balaban J connectivity index is 1.91. The number of aromatic hydroxyl groups is 1. The van der Waals surface area contributed by atoms with Gasteiger partial charge in [-0.3, -0.25) is 0 Å². The van der Waals surface area contributed by atoms with Gasteiger partial charge in [0, 0.05) is 15.6 Å². The smallest absolute Gasteiger partial charge is 0.123 e. The minimum atomic E-state index is 0.209. The van der Waals surface area contributed by atoms with E-state index in [1.54, 1.807) is 30.6 Å². The summed E-state index contributed by atoms with van der Waals surface area (Å²) >= 11 is 1.75. The summed E-state index contributed by atoms with van der Waals surface area (Å²) in [4.78, 5) is 1.19. The van der Waals surface area contributed by atoms with Crippen LogP contribution < -0.4 is 4.74 Å². The summed E-state index contributed by atoms with van der Waals surface area (Å²) in [6, 6.07) is 15.7. The Labute approximate surface area is 121 Å². The fourth-order valence-electron chi connectivity index (χ4n) is 2.08. The second-order valence-electron chi connectivity index (χ2n) is 4.48. The maximum Gasteiger partial charge on any atom is 0.123 e. The number of hydrogen-bond donors (Lipinski definition) is 1. The summed E-state index contributed by atoms with van der Waals surface area (Å²) in [5.41, 5.74) is 0.916. The molecular weight excluding hydrogens is 268 g/mol. The van der Waals surface area contributed by atoms with Crippen LogP contribution in [0.5, 0.6) is 11.5 Å². The van der Waals surface area contributed by atoms with Crippen LogP contribution in [0.15, 0.2) is 48.5 Å². The summed E-state index contributed by atoms with van der Waals surface area (Å²) in [6.45, 7) is 0. The maximum atomic E-state index is 9.63. The van der Waals surface area contributed by atoms with Crippen molar-refractivity contribution in [2.45, 2.75) is 0 Å². The second-order valence-corrected chi connectivity index (χ2v) is 5.60. The highest BCUT2D eigenvalue weighted by Crippen LogP contribution is 2.28. The first-order valence-electron chi connectivity index (χ1n) is 6.29. The predicted molar refractivity (Wildman–Crippen MR) is 85.4 cm³/mol. The van der Waals surface area contributed by atoms with Crippen LogP contribution in [0.3, 0.4) is 0 Å². The van der Waals surface area contributed by atoms with Gasteiger partial charge in [-0.05, 0) is 41.3 Å². The fraction of sp³-hybridized carbons (Fsp3) is 0.0588. The topological polar surface area (TPSA) is 29.5 Å². The van der Waals surface area contributed by atoms with Gasteiger partial charge in [-0.25, -0.2) is 0 Å². The number of ether oxygens (including phenoxy) is 1. The van der Waals surface area contributed by atoms with E-state index in [0.29, 0.717) is 5.75 Å². The van der Waals surface area contributed by atoms with Crippen LogP contribution in [-0.4, -0.2) is 12.2 Å². The van der Waals surface area contributed by atoms with E-state index in [4.69, 9.17) is 4.74 Å². The van der Waals surface area contributed by atoms with Gasteiger partial charge in [0.2, 0.25) is 0 Å². The van der Waals surface area contributed by atoms with E-state index in [1.165, 1.54) is 15.0 Å². The SMILES string of the molecule is COc1cc(O)cc(/C=C/c2cc3ccccc3s2)c1. The third kappa shape index (κ3) is 2.68. The molecule has 2 nitrogen and oxygen atoms in total. The Morgan fingerprint density at radius 3 is 2.70 bits per heavy atom. The summed E-state index contributed by atoms with van der Waals surface area (Å²) in [5, 5.41) is 10.9. The van der Waals surface area contributed by atoms with Crippen LogP contribution in [0.4, 0.5) is 0 Å². The van der Waals surface area contributed by atoms with Crippen LogP contribution in [0.1, 0.15) is 10.4 Å². The molecule has 3 aromatic rings. The number of hydrogen-bond acceptors (Lipinski definition) is 3. The van der Waals surface area contributed by atoms with Crippen LogP contribution in [0, 0.1) is 0 Å². The van der Waals surface area contributed by atoms with E-state index >= 15 is 0 Å². The molecule has 2 aromatic carbocycles. The lowest BCUT2D eigenvalue weighted by Crippen LogP contribution is -1.83. The van der Waals surface area contributed by atoms with Crippen LogP contribution in [0.2, 0.25) is 0 Å². The zero-order valence-electron chi connectivity index (χ0n) is 11.0. The van der Waals surface area contributed by atoms with Gasteiger partial charge in [0.05, 0.1) is 7.11 Å². The number of fused-ring (bicyclic) bond motifs is 1. The first-order valence-corrected chi connectivity index (χ1v) is 7.11. The number of rotatable bonds is 3. The van der Waals surface area contributed by atoms with Crippen molar-refractivity contribution >= 4 is 33.6 Å². The molecule has 100 valence electrons. The summed E-state index contributed by atoms with van der Waals surface area (Å²) in [6.07, 6.45) is 4.03. The summed E-state index contributed by atoms with van der Waals surface area (Å²) < 4.78 is 6.42. The normalized spacial score (nSPS) is 11.2. The second kappa shape index (κ2) is 5.39. The molecule has 0 amide bonds. The first-order chi connectivity index (χ1) is 9.74. The Hall–Kier alpha value is -2.26. The van der Waals surface area contributed by atoms with E-state index in [9.17, 15) is 5.11 Å². The standard InChI is InChI=1S/C17H14O2S/c1-19-15-9-12(8-14(18)11-15)6-7-16-10-13-4-2-3-5-17(13)20-16/h2-11,18H,1H3/b7-6+. The molecule has 0 atom stereocenters. The molecule has 0 bridgehead atoms. The van der Waals surface area contributed by atoms with Crippen LogP contribution >= 0.6 is 11.3 Å². The molecule has 0 unspecified atom stereocenters. The number of benzene rings is 2. The third-order valence-electron chi connectivity index (χ3n) is 3.03. The lowest BCUT2D eigenvalue weighted by molar-refractivity contribution is 0.407. The van der Waals surface area contributed by atoms with Crippen molar-refractivity contribution in [1.82, 2.24) is 0 Å². The fourth-order valence-corrected chi connectivity index (χ4v) is 3.05. The predicted octanol–water partition coefficient (Wildman–Crippen LogP) is 4.79. The van der Waals surface area contributed by atoms with Crippen molar-refractivity contribution in [3.8, 4) is 11.5 Å². The van der Waals surface area contributed by atoms with E-state index in [0.717, 1.165) is 5.56 Å². The Morgan fingerprint density at radius 1 is 1.05 bits per heavy atom. The van der Waals surface area contributed by atoms with Crippen molar-refractivity contribution in [3.05, 3.63) is 59.0 Å². The molecule has 0 spiro atoms. The molecule has 20 heavy (non-hydrogen) atoms. The Morgan fingerprint density at radius 2 is 1.90 bits per heavy atom. The largest absolute Gasteiger partial charge is 0.508 e. The monoisotopic (exact) mass is 282 g/mol. The van der Waals surface area contributed by atoms with E-state index < -0.39 is 0 Å². The molecule has 0 saturated carbocycles. The van der Waals surface area contributed by atoms with E-state index in [2.05, 4.69) is 24.3 Å². The summed E-state index contributed by atoms with van der Waals surface area (Å²) in [7, 11) is 1.59. The molecule has 1 aromatic heterocycles. The van der Waals surface area contributed by atoms with E-state index in [-0.39, 0.29) is 5.75 Å². The van der Waals surface area contributed by atoms with Crippen molar-refractivity contribution in [3.63, 3.8) is 0 Å². The van der Waals surface area contributed by atoms with Crippen molar-refractivity contribution in [1.29, 1.82) is 0 Å². The quantitative estimate of drug-likeness (QED) is 0.748. The molecule has 0 saturated heterocycles. The lowest BCUT2D eigenvalue weighted by Gasteiger charge is -2.02. The number of methoxy groups -OCH3 is 1. The van der Waals surface area contributed by atoms with Crippen LogP contribution in [-0.2, 0) is 0 Å². The van der Waals surface area contributed by atoms with Gasteiger partial charge < -0.3 is 9.84 Å². The van der Waals surface area contributed by atoms with Gasteiger partial charge in [-0.2, -0.15) is 0 Å². The molecule has 0 aliphatic heterocycles. The molecule has 3 heteroatoms. The molecule has 1 N–H and O–H groups in total. The van der Waals surface area contributed by atoms with Gasteiger partial charge >= 0.3 is 0 Å².